The van der Waals surface area contributed by atoms with Crippen LogP contribution in [0, 0.1) is 5.82 Å². The molecule has 0 unspecified atom stereocenters. The van der Waals surface area contributed by atoms with Gasteiger partial charge in [0.05, 0.1) is 12.4 Å². The Kier molecular flexibility index (Phi) is 3.94. The maximum atomic E-state index is 12.9. The van der Waals surface area contributed by atoms with Gasteiger partial charge in [0.15, 0.2) is 5.82 Å². The average Bonchev–Trinajstić information content (AvgIpc) is 2.56. The molecule has 0 aromatic carbocycles. The molecule has 1 aliphatic heterocycles. The standard InChI is InChI=1S/C15H18FN5/c1-20(14-4-2-3-7-17-14)13-5-8-21(9-6-13)15-18-10-12(16)11-19-15/h2-4,7,10-11,13H,5-6,8-9H2,1H3. The molecular formula is C15H18FN5. The number of hydrogen-bond donors (Lipinski definition) is 0. The molecule has 0 radical (unpaired) electrons. The van der Waals surface area contributed by atoms with Gasteiger partial charge in [-0.05, 0) is 25.0 Å². The lowest BCUT2D eigenvalue weighted by molar-refractivity contribution is 0.474. The zero-order valence-corrected chi connectivity index (χ0v) is 12.0. The van der Waals surface area contributed by atoms with E-state index in [9.17, 15) is 4.39 Å². The summed E-state index contributed by atoms with van der Waals surface area (Å²) in [6.45, 7) is 1.74. The van der Waals surface area contributed by atoms with Crippen LogP contribution in [0.5, 0.6) is 0 Å². The fourth-order valence-corrected chi connectivity index (χ4v) is 2.67. The number of aromatic nitrogens is 3. The van der Waals surface area contributed by atoms with Crippen LogP contribution in [-0.4, -0.2) is 41.1 Å². The number of piperidine rings is 1. The van der Waals surface area contributed by atoms with Gasteiger partial charge in [0.1, 0.15) is 5.82 Å². The van der Waals surface area contributed by atoms with Gasteiger partial charge < -0.3 is 9.80 Å². The van der Waals surface area contributed by atoms with Gasteiger partial charge in [0.2, 0.25) is 5.95 Å². The molecule has 2 aromatic heterocycles. The zero-order valence-electron chi connectivity index (χ0n) is 12.0. The highest BCUT2D eigenvalue weighted by Gasteiger charge is 2.24. The first-order valence-corrected chi connectivity index (χ1v) is 7.10. The second kappa shape index (κ2) is 6.03. The van der Waals surface area contributed by atoms with Crippen LogP contribution in [0.2, 0.25) is 0 Å². The van der Waals surface area contributed by atoms with Crippen LogP contribution in [0.1, 0.15) is 12.8 Å². The van der Waals surface area contributed by atoms with Crippen LogP contribution >= 0.6 is 0 Å². The van der Waals surface area contributed by atoms with Crippen molar-refractivity contribution >= 4 is 11.8 Å². The Hall–Kier alpha value is -2.24. The van der Waals surface area contributed by atoms with E-state index in [2.05, 4.69) is 31.8 Å². The Morgan fingerprint density at radius 1 is 1.14 bits per heavy atom. The Bertz CT molecular complexity index is 566. The molecule has 0 spiro atoms. The molecule has 0 saturated carbocycles. The molecule has 3 heterocycles. The van der Waals surface area contributed by atoms with E-state index in [-0.39, 0.29) is 0 Å². The van der Waals surface area contributed by atoms with E-state index in [4.69, 9.17) is 0 Å². The first-order chi connectivity index (χ1) is 10.2. The molecule has 6 heteroatoms. The summed E-state index contributed by atoms with van der Waals surface area (Å²) in [7, 11) is 2.08. The minimum absolute atomic E-state index is 0.400. The minimum atomic E-state index is -0.400. The summed E-state index contributed by atoms with van der Waals surface area (Å²) in [5.74, 6) is 1.20. The lowest BCUT2D eigenvalue weighted by Crippen LogP contribution is -2.44. The van der Waals surface area contributed by atoms with Crippen molar-refractivity contribution in [1.82, 2.24) is 15.0 Å². The summed E-state index contributed by atoms with van der Waals surface area (Å²) in [6.07, 6.45) is 6.26. The number of pyridine rings is 1. The topological polar surface area (TPSA) is 45.2 Å². The lowest BCUT2D eigenvalue weighted by atomic mass is 10.0. The summed E-state index contributed by atoms with van der Waals surface area (Å²) in [5, 5.41) is 0. The van der Waals surface area contributed by atoms with Crippen LogP contribution in [0.15, 0.2) is 36.8 Å². The molecule has 0 atom stereocenters. The highest BCUT2D eigenvalue weighted by atomic mass is 19.1. The number of anilines is 2. The maximum absolute atomic E-state index is 12.9. The van der Waals surface area contributed by atoms with Gasteiger partial charge in [-0.3, -0.25) is 0 Å². The van der Waals surface area contributed by atoms with E-state index in [0.717, 1.165) is 31.7 Å². The predicted octanol–water partition coefficient (Wildman–Crippen LogP) is 2.12. The Morgan fingerprint density at radius 2 is 1.86 bits per heavy atom. The highest BCUT2D eigenvalue weighted by molar-refractivity contribution is 5.39. The minimum Gasteiger partial charge on any atom is -0.357 e. The smallest absolute Gasteiger partial charge is 0.225 e. The Morgan fingerprint density at radius 3 is 2.48 bits per heavy atom. The SMILES string of the molecule is CN(c1ccccn1)C1CCN(c2ncc(F)cn2)CC1. The molecular weight excluding hydrogens is 269 g/mol. The van der Waals surface area contributed by atoms with E-state index in [1.807, 2.05) is 24.4 Å². The number of rotatable bonds is 3. The first-order valence-electron chi connectivity index (χ1n) is 7.10. The lowest BCUT2D eigenvalue weighted by Gasteiger charge is -2.37. The molecule has 110 valence electrons. The summed E-state index contributed by atoms with van der Waals surface area (Å²) in [5.41, 5.74) is 0. The van der Waals surface area contributed by atoms with Crippen LogP contribution in [0.25, 0.3) is 0 Å². The van der Waals surface area contributed by atoms with E-state index < -0.39 is 5.82 Å². The maximum Gasteiger partial charge on any atom is 0.225 e. The van der Waals surface area contributed by atoms with Crippen molar-refractivity contribution in [1.29, 1.82) is 0 Å². The van der Waals surface area contributed by atoms with Gasteiger partial charge in [-0.1, -0.05) is 6.07 Å². The summed E-state index contributed by atoms with van der Waals surface area (Å²) in [4.78, 5) is 16.8. The van der Waals surface area contributed by atoms with Gasteiger partial charge in [-0.2, -0.15) is 0 Å². The molecule has 0 bridgehead atoms. The predicted molar refractivity (Wildman–Crippen MR) is 79.9 cm³/mol. The van der Waals surface area contributed by atoms with Crippen molar-refractivity contribution in [3.8, 4) is 0 Å². The van der Waals surface area contributed by atoms with Crippen molar-refractivity contribution in [2.45, 2.75) is 18.9 Å². The quantitative estimate of drug-likeness (QED) is 0.865. The van der Waals surface area contributed by atoms with Crippen LogP contribution < -0.4 is 9.80 Å². The highest BCUT2D eigenvalue weighted by Crippen LogP contribution is 2.22. The third-order valence-corrected chi connectivity index (χ3v) is 3.91. The zero-order chi connectivity index (χ0) is 14.7. The van der Waals surface area contributed by atoms with Gasteiger partial charge >= 0.3 is 0 Å². The molecule has 1 fully saturated rings. The van der Waals surface area contributed by atoms with Crippen molar-refractivity contribution in [2.24, 2.45) is 0 Å². The van der Waals surface area contributed by atoms with Gasteiger partial charge in [0.25, 0.3) is 0 Å². The van der Waals surface area contributed by atoms with Crippen molar-refractivity contribution in [2.75, 3.05) is 29.9 Å². The number of hydrogen-bond acceptors (Lipinski definition) is 5. The normalized spacial score (nSPS) is 16.0. The van der Waals surface area contributed by atoms with Crippen molar-refractivity contribution in [3.63, 3.8) is 0 Å². The Balaban J connectivity index is 1.61. The molecule has 0 aliphatic carbocycles. The van der Waals surface area contributed by atoms with E-state index >= 15 is 0 Å². The van der Waals surface area contributed by atoms with E-state index in [0.29, 0.717) is 12.0 Å². The Labute approximate surface area is 123 Å². The fourth-order valence-electron chi connectivity index (χ4n) is 2.67. The van der Waals surface area contributed by atoms with E-state index in [1.54, 1.807) is 0 Å². The van der Waals surface area contributed by atoms with Crippen LogP contribution in [-0.2, 0) is 0 Å². The molecule has 1 saturated heterocycles. The van der Waals surface area contributed by atoms with Gasteiger partial charge in [-0.25, -0.2) is 19.3 Å². The van der Waals surface area contributed by atoms with Gasteiger partial charge in [-0.15, -0.1) is 0 Å². The monoisotopic (exact) mass is 287 g/mol. The van der Waals surface area contributed by atoms with E-state index in [1.165, 1.54) is 12.4 Å². The molecule has 2 aromatic rings. The molecule has 1 aliphatic rings. The average molecular weight is 287 g/mol. The van der Waals surface area contributed by atoms with Crippen LogP contribution in [0.4, 0.5) is 16.2 Å². The molecule has 0 amide bonds. The summed E-state index contributed by atoms with van der Waals surface area (Å²) in [6, 6.07) is 6.40. The molecule has 3 rings (SSSR count). The molecule has 0 N–H and O–H groups in total. The third-order valence-electron chi connectivity index (χ3n) is 3.91. The molecule has 5 nitrogen and oxygen atoms in total. The fraction of sp³-hybridized carbons (Fsp3) is 0.400. The number of nitrogens with zero attached hydrogens (tertiary/aromatic N) is 5. The molecule has 21 heavy (non-hydrogen) atoms. The van der Waals surface area contributed by atoms with Crippen molar-refractivity contribution < 1.29 is 4.39 Å². The summed E-state index contributed by atoms with van der Waals surface area (Å²) >= 11 is 0. The third kappa shape index (κ3) is 3.09. The largest absolute Gasteiger partial charge is 0.357 e. The first kappa shape index (κ1) is 13.7. The number of halogens is 1. The van der Waals surface area contributed by atoms with Crippen molar-refractivity contribution in [3.05, 3.63) is 42.6 Å². The second-order valence-electron chi connectivity index (χ2n) is 5.22. The second-order valence-corrected chi connectivity index (χ2v) is 5.22. The summed E-state index contributed by atoms with van der Waals surface area (Å²) < 4.78 is 12.9. The van der Waals surface area contributed by atoms with Crippen LogP contribution in [0.3, 0.4) is 0 Å². The van der Waals surface area contributed by atoms with Gasteiger partial charge in [0, 0.05) is 32.4 Å².